The largest absolute Gasteiger partial charge is 0.353 e. The summed E-state index contributed by atoms with van der Waals surface area (Å²) in [5, 5.41) is 0.866. The van der Waals surface area contributed by atoms with Crippen molar-refractivity contribution in [3.63, 3.8) is 0 Å². The number of benzene rings is 1. The van der Waals surface area contributed by atoms with Gasteiger partial charge in [0, 0.05) is 70.9 Å². The van der Waals surface area contributed by atoms with Gasteiger partial charge >= 0.3 is 0 Å². The molecule has 37 heavy (non-hydrogen) atoms. The standard InChI is InChI=1S/C27H37ClN6O2S/c1-20(2)15-25(35)34-14-13-33(17-21(34)3)24-16-23(28)29-27(30-24)37-19-26(36)32-11-9-31(10-12-32)18-22-7-5-4-6-8-22/h4-8,16,20-21H,9-15,17-19H2,1-3H3. The Morgan fingerprint density at radius 2 is 1.76 bits per heavy atom. The van der Waals surface area contributed by atoms with Crippen LogP contribution in [-0.4, -0.2) is 94.1 Å². The van der Waals surface area contributed by atoms with Gasteiger partial charge in [-0.15, -0.1) is 0 Å². The zero-order valence-electron chi connectivity index (χ0n) is 22.0. The second-order valence-corrected chi connectivity index (χ2v) is 11.6. The Labute approximate surface area is 229 Å². The van der Waals surface area contributed by atoms with Gasteiger partial charge in [0.05, 0.1) is 5.75 Å². The summed E-state index contributed by atoms with van der Waals surface area (Å²) in [6, 6.07) is 12.3. The van der Waals surface area contributed by atoms with Crippen molar-refractivity contribution in [1.82, 2.24) is 24.7 Å². The Bertz CT molecular complexity index is 1060. The Kier molecular flexibility index (Phi) is 9.67. The van der Waals surface area contributed by atoms with E-state index in [4.69, 9.17) is 16.6 Å². The van der Waals surface area contributed by atoms with Crippen LogP contribution >= 0.6 is 23.4 Å². The summed E-state index contributed by atoms with van der Waals surface area (Å²) in [6.07, 6.45) is 0.570. The molecule has 0 saturated carbocycles. The lowest BCUT2D eigenvalue weighted by atomic mass is 10.1. The third-order valence-corrected chi connectivity index (χ3v) is 7.84. The number of thioether (sulfide) groups is 1. The zero-order chi connectivity index (χ0) is 26.4. The molecule has 4 rings (SSSR count). The normalized spacial score (nSPS) is 18.9. The predicted molar refractivity (Wildman–Crippen MR) is 149 cm³/mol. The average Bonchev–Trinajstić information content (AvgIpc) is 2.87. The van der Waals surface area contributed by atoms with E-state index in [1.165, 1.54) is 17.3 Å². The minimum absolute atomic E-state index is 0.0898. The number of nitrogens with zero attached hydrogens (tertiary/aromatic N) is 6. The van der Waals surface area contributed by atoms with Gasteiger partial charge in [-0.2, -0.15) is 0 Å². The smallest absolute Gasteiger partial charge is 0.233 e. The number of piperazine rings is 2. The maximum absolute atomic E-state index is 12.9. The second-order valence-electron chi connectivity index (χ2n) is 10.2. The lowest BCUT2D eigenvalue weighted by molar-refractivity contribution is -0.134. The van der Waals surface area contributed by atoms with Crippen LogP contribution in [0.15, 0.2) is 41.6 Å². The summed E-state index contributed by atoms with van der Waals surface area (Å²) in [5.74, 6) is 1.68. The maximum atomic E-state index is 12.9. The molecule has 0 N–H and O–H groups in total. The van der Waals surface area contributed by atoms with E-state index in [0.29, 0.717) is 42.3 Å². The lowest BCUT2D eigenvalue weighted by Crippen LogP contribution is -2.54. The van der Waals surface area contributed by atoms with Gasteiger partial charge in [-0.1, -0.05) is 67.5 Å². The first kappa shape index (κ1) is 27.7. The summed E-state index contributed by atoms with van der Waals surface area (Å²) in [6.45, 7) is 12.3. The van der Waals surface area contributed by atoms with Crippen LogP contribution in [0.3, 0.4) is 0 Å². The minimum Gasteiger partial charge on any atom is -0.353 e. The number of hydrogen-bond donors (Lipinski definition) is 0. The van der Waals surface area contributed by atoms with Crippen LogP contribution in [0.2, 0.25) is 5.15 Å². The number of rotatable bonds is 8. The molecule has 2 fully saturated rings. The van der Waals surface area contributed by atoms with Gasteiger partial charge in [0.2, 0.25) is 11.8 Å². The fourth-order valence-corrected chi connectivity index (χ4v) is 5.81. The molecule has 2 aliphatic rings. The number of hydrogen-bond acceptors (Lipinski definition) is 7. The second kappa shape index (κ2) is 12.9. The van der Waals surface area contributed by atoms with E-state index in [2.05, 4.69) is 59.8 Å². The van der Waals surface area contributed by atoms with Crippen molar-refractivity contribution in [3.8, 4) is 0 Å². The highest BCUT2D eigenvalue weighted by molar-refractivity contribution is 7.99. The van der Waals surface area contributed by atoms with Gasteiger partial charge in [0.1, 0.15) is 11.0 Å². The van der Waals surface area contributed by atoms with Crippen LogP contribution < -0.4 is 4.90 Å². The number of amides is 2. The molecule has 2 aromatic rings. The van der Waals surface area contributed by atoms with Crippen molar-refractivity contribution >= 4 is 41.0 Å². The summed E-state index contributed by atoms with van der Waals surface area (Å²) in [5.41, 5.74) is 1.30. The van der Waals surface area contributed by atoms with Crippen molar-refractivity contribution in [2.45, 2.75) is 44.9 Å². The van der Waals surface area contributed by atoms with E-state index in [1.807, 2.05) is 15.9 Å². The van der Waals surface area contributed by atoms with Crippen molar-refractivity contribution in [1.29, 1.82) is 0 Å². The molecule has 0 radical (unpaired) electrons. The van der Waals surface area contributed by atoms with Crippen molar-refractivity contribution in [3.05, 3.63) is 47.1 Å². The number of anilines is 1. The molecular formula is C27H37ClN6O2S. The SMILES string of the molecule is CC(C)CC(=O)N1CCN(c2cc(Cl)nc(SCC(=O)N3CCN(Cc4ccccc4)CC3)n2)CC1C. The molecule has 2 aliphatic heterocycles. The summed E-state index contributed by atoms with van der Waals surface area (Å²) in [7, 11) is 0. The molecule has 8 nitrogen and oxygen atoms in total. The molecule has 0 spiro atoms. The average molecular weight is 545 g/mol. The maximum Gasteiger partial charge on any atom is 0.233 e. The van der Waals surface area contributed by atoms with E-state index >= 15 is 0 Å². The highest BCUT2D eigenvalue weighted by Gasteiger charge is 2.29. The molecule has 2 amide bonds. The summed E-state index contributed by atoms with van der Waals surface area (Å²) >= 11 is 7.66. The van der Waals surface area contributed by atoms with Gasteiger partial charge in [-0.25, -0.2) is 9.97 Å². The molecule has 1 unspecified atom stereocenters. The number of carbonyl (C=O) groups is 2. The summed E-state index contributed by atoms with van der Waals surface area (Å²) < 4.78 is 0. The molecule has 3 heterocycles. The Balaban J connectivity index is 1.27. The Morgan fingerprint density at radius 1 is 1.03 bits per heavy atom. The van der Waals surface area contributed by atoms with Crippen molar-refractivity contribution in [2.75, 3.05) is 56.5 Å². The molecule has 10 heteroatoms. The van der Waals surface area contributed by atoms with Gasteiger partial charge < -0.3 is 14.7 Å². The molecular weight excluding hydrogens is 508 g/mol. The molecule has 1 aromatic heterocycles. The highest BCUT2D eigenvalue weighted by Crippen LogP contribution is 2.25. The quantitative estimate of drug-likeness (QED) is 0.285. The molecule has 0 bridgehead atoms. The predicted octanol–water partition coefficient (Wildman–Crippen LogP) is 3.65. The van der Waals surface area contributed by atoms with E-state index in [9.17, 15) is 9.59 Å². The fourth-order valence-electron chi connectivity index (χ4n) is 4.83. The highest BCUT2D eigenvalue weighted by atomic mass is 35.5. The first-order valence-corrected chi connectivity index (χ1v) is 14.4. The van der Waals surface area contributed by atoms with Gasteiger partial charge in [0.15, 0.2) is 5.16 Å². The van der Waals surface area contributed by atoms with E-state index in [-0.39, 0.29) is 23.6 Å². The van der Waals surface area contributed by atoms with Crippen LogP contribution in [0.4, 0.5) is 5.82 Å². The third kappa shape index (κ3) is 7.82. The first-order chi connectivity index (χ1) is 17.8. The van der Waals surface area contributed by atoms with Crippen LogP contribution in [-0.2, 0) is 16.1 Å². The molecule has 1 aromatic carbocycles. The van der Waals surface area contributed by atoms with E-state index < -0.39 is 0 Å². The third-order valence-electron chi connectivity index (χ3n) is 6.81. The summed E-state index contributed by atoms with van der Waals surface area (Å²) in [4.78, 5) is 42.9. The van der Waals surface area contributed by atoms with Gasteiger partial charge in [0.25, 0.3) is 0 Å². The molecule has 200 valence electrons. The number of carbonyl (C=O) groups excluding carboxylic acids is 2. The van der Waals surface area contributed by atoms with Crippen LogP contribution in [0.1, 0.15) is 32.8 Å². The Hall–Kier alpha value is -2.36. The monoisotopic (exact) mass is 544 g/mol. The topological polar surface area (TPSA) is 72.9 Å². The molecule has 1 atom stereocenters. The van der Waals surface area contributed by atoms with Gasteiger partial charge in [-0.3, -0.25) is 14.5 Å². The van der Waals surface area contributed by atoms with Gasteiger partial charge in [-0.05, 0) is 18.4 Å². The number of aromatic nitrogens is 2. The Morgan fingerprint density at radius 3 is 2.43 bits per heavy atom. The van der Waals surface area contributed by atoms with Crippen molar-refractivity contribution < 1.29 is 9.59 Å². The van der Waals surface area contributed by atoms with Crippen LogP contribution in [0, 0.1) is 5.92 Å². The zero-order valence-corrected chi connectivity index (χ0v) is 23.5. The molecule has 0 aliphatic carbocycles. The lowest BCUT2D eigenvalue weighted by Gasteiger charge is -2.40. The fraction of sp³-hybridized carbons (Fsp3) is 0.556. The number of halogens is 1. The minimum atomic E-state index is 0.0898. The van der Waals surface area contributed by atoms with Crippen LogP contribution in [0.25, 0.3) is 0 Å². The van der Waals surface area contributed by atoms with Crippen LogP contribution in [0.5, 0.6) is 0 Å². The van der Waals surface area contributed by atoms with Crippen molar-refractivity contribution in [2.24, 2.45) is 5.92 Å². The van der Waals surface area contributed by atoms with E-state index in [1.54, 1.807) is 6.07 Å². The molecule has 2 saturated heterocycles. The van der Waals surface area contributed by atoms with E-state index in [0.717, 1.165) is 38.5 Å². The first-order valence-electron chi connectivity index (χ1n) is 13.0.